The van der Waals surface area contributed by atoms with E-state index in [2.05, 4.69) is 5.32 Å². The zero-order valence-corrected chi connectivity index (χ0v) is 10.9. The third-order valence-electron chi connectivity index (χ3n) is 2.60. The first-order valence-corrected chi connectivity index (χ1v) is 6.14. The van der Waals surface area contributed by atoms with Crippen LogP contribution >= 0.6 is 0 Å². The quantitative estimate of drug-likeness (QED) is 0.704. The minimum atomic E-state index is -0.874. The minimum absolute atomic E-state index is 0.0393. The van der Waals surface area contributed by atoms with Gasteiger partial charge in [-0.15, -0.1) is 0 Å². The van der Waals surface area contributed by atoms with Crippen molar-refractivity contribution in [1.82, 2.24) is 9.88 Å². The van der Waals surface area contributed by atoms with E-state index in [1.165, 1.54) is 10.6 Å². The third-order valence-corrected chi connectivity index (χ3v) is 2.60. The third kappa shape index (κ3) is 5.85. The second kappa shape index (κ2) is 7.35. The lowest BCUT2D eigenvalue weighted by molar-refractivity contribution is -0.137. The van der Waals surface area contributed by atoms with Crippen molar-refractivity contribution in [3.63, 3.8) is 0 Å². The maximum absolute atomic E-state index is 11.5. The van der Waals surface area contributed by atoms with E-state index < -0.39 is 5.97 Å². The number of pyridine rings is 1. The van der Waals surface area contributed by atoms with Gasteiger partial charge >= 0.3 is 5.97 Å². The van der Waals surface area contributed by atoms with Gasteiger partial charge in [0.05, 0.1) is 0 Å². The van der Waals surface area contributed by atoms with Crippen molar-refractivity contribution in [2.45, 2.75) is 32.7 Å². The van der Waals surface area contributed by atoms with Crippen LogP contribution in [0.3, 0.4) is 0 Å². The van der Waals surface area contributed by atoms with Gasteiger partial charge in [-0.05, 0) is 18.9 Å². The summed E-state index contributed by atoms with van der Waals surface area (Å²) < 4.78 is 1.49. The van der Waals surface area contributed by atoms with Gasteiger partial charge in [0.25, 0.3) is 5.56 Å². The molecule has 0 aliphatic carbocycles. The summed E-state index contributed by atoms with van der Waals surface area (Å²) in [5.41, 5.74) is 0.825. The van der Waals surface area contributed by atoms with Gasteiger partial charge in [-0.1, -0.05) is 6.07 Å². The standard InChI is InChI=1S/C13H18N2O4/c1-10-4-5-12(17)15(9-10)8-6-11(16)14-7-2-3-13(18)19/h4-5,9H,2-3,6-8H2,1H3,(H,14,16)(H,18,19). The number of nitrogens with one attached hydrogen (secondary N) is 1. The van der Waals surface area contributed by atoms with Gasteiger partial charge in [0, 0.05) is 38.2 Å². The molecule has 0 aliphatic rings. The Balaban J connectivity index is 2.32. The molecule has 1 aromatic heterocycles. The largest absolute Gasteiger partial charge is 0.481 e. The number of carbonyl (C=O) groups is 2. The van der Waals surface area contributed by atoms with Gasteiger partial charge in [0.2, 0.25) is 5.91 Å². The number of hydrogen-bond acceptors (Lipinski definition) is 3. The summed E-state index contributed by atoms with van der Waals surface area (Å²) in [5, 5.41) is 11.1. The van der Waals surface area contributed by atoms with E-state index in [1.807, 2.05) is 6.92 Å². The molecule has 0 saturated carbocycles. The van der Waals surface area contributed by atoms with Crippen LogP contribution < -0.4 is 10.9 Å². The zero-order chi connectivity index (χ0) is 14.3. The van der Waals surface area contributed by atoms with Gasteiger partial charge < -0.3 is 15.0 Å². The predicted octanol–water partition coefficient (Wildman–Crippen LogP) is 0.528. The van der Waals surface area contributed by atoms with Crippen LogP contribution in [0.2, 0.25) is 0 Å². The molecule has 0 spiro atoms. The molecule has 0 saturated heterocycles. The molecule has 6 nitrogen and oxygen atoms in total. The SMILES string of the molecule is Cc1ccc(=O)n(CCC(=O)NCCCC(=O)O)c1. The van der Waals surface area contributed by atoms with E-state index in [-0.39, 0.29) is 24.3 Å². The van der Waals surface area contributed by atoms with Crippen LogP contribution in [0.25, 0.3) is 0 Å². The molecule has 6 heteroatoms. The molecule has 0 radical (unpaired) electrons. The van der Waals surface area contributed by atoms with Gasteiger partial charge in [0.15, 0.2) is 0 Å². The number of aliphatic carboxylic acids is 1. The first-order valence-electron chi connectivity index (χ1n) is 6.14. The van der Waals surface area contributed by atoms with Crippen molar-refractivity contribution in [2.24, 2.45) is 0 Å². The highest BCUT2D eigenvalue weighted by molar-refractivity contribution is 5.75. The van der Waals surface area contributed by atoms with Crippen LogP contribution in [0.4, 0.5) is 0 Å². The molecule has 0 fully saturated rings. The summed E-state index contributed by atoms with van der Waals surface area (Å²) in [7, 11) is 0. The van der Waals surface area contributed by atoms with Gasteiger partial charge in [0.1, 0.15) is 0 Å². The number of carbonyl (C=O) groups excluding carboxylic acids is 1. The highest BCUT2D eigenvalue weighted by Crippen LogP contribution is 1.94. The molecule has 0 atom stereocenters. The Bertz CT molecular complexity index is 508. The highest BCUT2D eigenvalue weighted by Gasteiger charge is 2.03. The molecule has 1 aromatic rings. The summed E-state index contributed by atoms with van der Waals surface area (Å²) in [6, 6.07) is 3.20. The van der Waals surface area contributed by atoms with Crippen LogP contribution in [-0.2, 0) is 16.1 Å². The Kier molecular flexibility index (Phi) is 5.78. The van der Waals surface area contributed by atoms with Crippen molar-refractivity contribution in [2.75, 3.05) is 6.54 Å². The Morgan fingerprint density at radius 2 is 2.05 bits per heavy atom. The van der Waals surface area contributed by atoms with E-state index in [0.717, 1.165) is 5.56 Å². The maximum atomic E-state index is 11.5. The number of aryl methyl sites for hydroxylation is 2. The maximum Gasteiger partial charge on any atom is 0.303 e. The van der Waals surface area contributed by atoms with E-state index >= 15 is 0 Å². The normalized spacial score (nSPS) is 10.2. The van der Waals surface area contributed by atoms with Crippen LogP contribution in [0.15, 0.2) is 23.1 Å². The van der Waals surface area contributed by atoms with Crippen molar-refractivity contribution < 1.29 is 14.7 Å². The lowest BCUT2D eigenvalue weighted by atomic mass is 10.3. The second-order valence-electron chi connectivity index (χ2n) is 4.34. The average Bonchev–Trinajstić information content (AvgIpc) is 2.35. The summed E-state index contributed by atoms with van der Waals surface area (Å²) in [4.78, 5) is 33.2. The molecular weight excluding hydrogens is 248 g/mol. The minimum Gasteiger partial charge on any atom is -0.481 e. The fraction of sp³-hybridized carbons (Fsp3) is 0.462. The fourth-order valence-corrected chi connectivity index (χ4v) is 1.60. The summed E-state index contributed by atoms with van der Waals surface area (Å²) >= 11 is 0. The van der Waals surface area contributed by atoms with E-state index in [9.17, 15) is 14.4 Å². The molecule has 1 amide bonds. The lowest BCUT2D eigenvalue weighted by Crippen LogP contribution is -2.28. The summed E-state index contributed by atoms with van der Waals surface area (Å²) in [6.07, 6.45) is 2.36. The summed E-state index contributed by atoms with van der Waals surface area (Å²) in [5.74, 6) is -1.06. The number of carboxylic acid groups (broad SMARTS) is 1. The van der Waals surface area contributed by atoms with Crippen molar-refractivity contribution in [1.29, 1.82) is 0 Å². The average molecular weight is 266 g/mol. The summed E-state index contributed by atoms with van der Waals surface area (Å²) in [6.45, 7) is 2.54. The molecule has 1 heterocycles. The molecule has 0 unspecified atom stereocenters. The molecule has 1 rings (SSSR count). The van der Waals surface area contributed by atoms with Crippen LogP contribution in [0.5, 0.6) is 0 Å². The van der Waals surface area contributed by atoms with E-state index in [4.69, 9.17) is 5.11 Å². The van der Waals surface area contributed by atoms with Gasteiger partial charge in [-0.3, -0.25) is 14.4 Å². The highest BCUT2D eigenvalue weighted by atomic mass is 16.4. The van der Waals surface area contributed by atoms with Gasteiger partial charge in [-0.25, -0.2) is 0 Å². The second-order valence-corrected chi connectivity index (χ2v) is 4.34. The number of nitrogens with zero attached hydrogens (tertiary/aromatic N) is 1. The Hall–Kier alpha value is -2.11. The van der Waals surface area contributed by atoms with Crippen LogP contribution in [0, 0.1) is 6.92 Å². The Labute approximate surface area is 111 Å². The smallest absolute Gasteiger partial charge is 0.303 e. The van der Waals surface area contributed by atoms with Crippen molar-refractivity contribution in [3.8, 4) is 0 Å². The first-order chi connectivity index (χ1) is 8.99. The van der Waals surface area contributed by atoms with Crippen LogP contribution in [-0.4, -0.2) is 28.1 Å². The van der Waals surface area contributed by atoms with Crippen LogP contribution in [0.1, 0.15) is 24.8 Å². The number of aromatic nitrogens is 1. The number of amides is 1. The lowest BCUT2D eigenvalue weighted by Gasteiger charge is -2.07. The number of carboxylic acids is 1. The molecule has 2 N–H and O–H groups in total. The fourth-order valence-electron chi connectivity index (χ4n) is 1.60. The number of hydrogen-bond donors (Lipinski definition) is 2. The van der Waals surface area contributed by atoms with Crippen molar-refractivity contribution in [3.05, 3.63) is 34.2 Å². The van der Waals surface area contributed by atoms with Crippen molar-refractivity contribution >= 4 is 11.9 Å². The Morgan fingerprint density at radius 1 is 1.32 bits per heavy atom. The molecule has 0 bridgehead atoms. The molecule has 0 aliphatic heterocycles. The monoisotopic (exact) mass is 266 g/mol. The number of rotatable bonds is 7. The topological polar surface area (TPSA) is 88.4 Å². The van der Waals surface area contributed by atoms with E-state index in [0.29, 0.717) is 19.5 Å². The predicted molar refractivity (Wildman–Crippen MR) is 69.9 cm³/mol. The van der Waals surface area contributed by atoms with Gasteiger partial charge in [-0.2, -0.15) is 0 Å². The Morgan fingerprint density at radius 3 is 2.74 bits per heavy atom. The molecule has 19 heavy (non-hydrogen) atoms. The van der Waals surface area contributed by atoms with E-state index in [1.54, 1.807) is 12.3 Å². The molecule has 104 valence electrons. The zero-order valence-electron chi connectivity index (χ0n) is 10.9. The molecule has 0 aromatic carbocycles. The first kappa shape index (κ1) is 14.9. The molecular formula is C13H18N2O4.